The molecule has 4 aromatic carbocycles. The van der Waals surface area contributed by atoms with Gasteiger partial charge in [0.2, 0.25) is 0 Å². The van der Waals surface area contributed by atoms with Crippen LogP contribution in [0.4, 0.5) is 26.3 Å². The summed E-state index contributed by atoms with van der Waals surface area (Å²) in [4.78, 5) is -0.266. The Labute approximate surface area is 366 Å². The Morgan fingerprint density at radius 3 is 1.18 bits per heavy atom. The molecule has 0 saturated carbocycles. The van der Waals surface area contributed by atoms with E-state index in [4.69, 9.17) is 4.18 Å². The van der Waals surface area contributed by atoms with Crippen LogP contribution in [-0.4, -0.2) is 38.1 Å². The molecule has 0 aromatic heterocycles. The number of hydrogen-bond donors (Lipinski definition) is 2. The summed E-state index contributed by atoms with van der Waals surface area (Å²) in [5.74, 6) is -2.19. The minimum atomic E-state index is -6.31. The standard InChI is InChI=1S/C42H48F6O8S5/c1-37(2,3)23-13-15-27(49)29(17-23)57-33-21-26(40(10,11)12)22-34(36(33)56-61(53,54)42(46,47)48)59-32-20-25(39(7,8)9)19-31(35(32)50)58-30-18-24(38(4,5)6)14-16-28(30)55-60(51,52)41(43,44)45/h13-22,49-50H,1-12H3. The summed E-state index contributed by atoms with van der Waals surface area (Å²) >= 11 is 2.13. The zero-order valence-corrected chi connectivity index (χ0v) is 39.5. The molecular weight excluding hydrogens is 907 g/mol. The maximum absolute atomic E-state index is 14.0. The zero-order valence-electron chi connectivity index (χ0n) is 35.4. The second kappa shape index (κ2) is 17.0. The first-order chi connectivity index (χ1) is 27.3. The lowest BCUT2D eigenvalue weighted by Gasteiger charge is -2.25. The van der Waals surface area contributed by atoms with Crippen LogP contribution in [-0.2, 0) is 41.9 Å². The smallest absolute Gasteiger partial charge is 0.507 e. The third-order valence-corrected chi connectivity index (χ3v) is 14.2. The van der Waals surface area contributed by atoms with Crippen molar-refractivity contribution < 1.29 is 61.8 Å². The van der Waals surface area contributed by atoms with E-state index in [-0.39, 0.29) is 35.1 Å². The topological polar surface area (TPSA) is 127 Å². The van der Waals surface area contributed by atoms with Gasteiger partial charge in [-0.2, -0.15) is 43.2 Å². The van der Waals surface area contributed by atoms with Crippen molar-refractivity contribution in [2.24, 2.45) is 0 Å². The molecule has 0 aliphatic carbocycles. The Morgan fingerprint density at radius 1 is 0.443 bits per heavy atom. The molecule has 4 aromatic rings. The molecule has 0 unspecified atom stereocenters. The van der Waals surface area contributed by atoms with E-state index < -0.39 is 70.2 Å². The third-order valence-electron chi connectivity index (χ3n) is 9.05. The SMILES string of the molecule is CC(C)(C)c1ccc(O)c(Sc2cc(C(C)(C)C)cc(Sc3cc(C(C)(C)C)cc(Sc4cc(C(C)(C)C)ccc4OS(=O)(=O)C(F)(F)F)c3O)c2OS(=O)(=O)C(F)(F)F)c1. The van der Waals surface area contributed by atoms with Crippen LogP contribution in [0.1, 0.15) is 105 Å². The number of hydrogen-bond acceptors (Lipinski definition) is 11. The number of rotatable bonds is 10. The number of phenolic OH excluding ortho intramolecular Hbond substituents is 2. The molecule has 0 saturated heterocycles. The fourth-order valence-electron chi connectivity index (χ4n) is 5.28. The van der Waals surface area contributed by atoms with E-state index >= 15 is 0 Å². The van der Waals surface area contributed by atoms with Gasteiger partial charge >= 0.3 is 31.3 Å². The van der Waals surface area contributed by atoms with Crippen molar-refractivity contribution in [3.63, 3.8) is 0 Å². The molecule has 8 nitrogen and oxygen atoms in total. The molecule has 2 N–H and O–H groups in total. The highest BCUT2D eigenvalue weighted by molar-refractivity contribution is 8.01. The first-order valence-corrected chi connectivity index (χ1v) is 23.7. The number of halogens is 6. The van der Waals surface area contributed by atoms with Crippen LogP contribution in [0, 0.1) is 0 Å². The Balaban J connectivity index is 2.05. The van der Waals surface area contributed by atoms with Gasteiger partial charge in [-0.25, -0.2) is 0 Å². The monoisotopic (exact) mass is 954 g/mol. The molecule has 0 fully saturated rings. The lowest BCUT2D eigenvalue weighted by Crippen LogP contribution is -2.28. The Bertz CT molecular complexity index is 2530. The van der Waals surface area contributed by atoms with Crippen LogP contribution in [0.5, 0.6) is 23.0 Å². The molecule has 61 heavy (non-hydrogen) atoms. The quantitative estimate of drug-likeness (QED) is 0.0896. The van der Waals surface area contributed by atoms with Gasteiger partial charge in [0.05, 0.1) is 29.4 Å². The summed E-state index contributed by atoms with van der Waals surface area (Å²) in [5, 5.41) is 22.9. The van der Waals surface area contributed by atoms with E-state index in [1.165, 1.54) is 42.5 Å². The second-order valence-electron chi connectivity index (χ2n) is 18.2. The lowest BCUT2D eigenvalue weighted by molar-refractivity contribution is -0.0506. The molecule has 19 heteroatoms. The number of benzene rings is 4. The first-order valence-electron chi connectivity index (χ1n) is 18.4. The zero-order chi connectivity index (χ0) is 46.7. The van der Waals surface area contributed by atoms with Crippen molar-refractivity contribution in [3.05, 3.63) is 82.9 Å². The van der Waals surface area contributed by atoms with E-state index in [2.05, 4.69) is 4.18 Å². The molecule has 0 aliphatic rings. The Hall–Kier alpha value is -3.39. The van der Waals surface area contributed by atoms with E-state index in [9.17, 15) is 53.4 Å². The minimum absolute atomic E-state index is 0.00823. The molecule has 4 rings (SSSR count). The molecule has 0 radical (unpaired) electrons. The third kappa shape index (κ3) is 12.0. The van der Waals surface area contributed by atoms with Crippen molar-refractivity contribution in [3.8, 4) is 23.0 Å². The van der Waals surface area contributed by atoms with Crippen LogP contribution in [0.2, 0.25) is 0 Å². The van der Waals surface area contributed by atoms with Gasteiger partial charge in [-0.15, -0.1) is 0 Å². The fraction of sp³-hybridized carbons (Fsp3) is 0.429. The van der Waals surface area contributed by atoms with Crippen LogP contribution in [0.3, 0.4) is 0 Å². The van der Waals surface area contributed by atoms with Gasteiger partial charge in [0.1, 0.15) is 11.5 Å². The Kier molecular flexibility index (Phi) is 14.0. The van der Waals surface area contributed by atoms with Gasteiger partial charge in [-0.3, -0.25) is 0 Å². The average Bonchev–Trinajstić information content (AvgIpc) is 3.06. The maximum atomic E-state index is 14.0. The van der Waals surface area contributed by atoms with Gasteiger partial charge in [-0.05, 0) is 92.4 Å². The molecule has 336 valence electrons. The summed E-state index contributed by atoms with van der Waals surface area (Å²) in [6.45, 7) is 22.1. The van der Waals surface area contributed by atoms with E-state index in [0.29, 0.717) is 40.2 Å². The van der Waals surface area contributed by atoms with Crippen molar-refractivity contribution in [2.45, 2.75) is 145 Å². The van der Waals surface area contributed by atoms with Crippen LogP contribution in [0.25, 0.3) is 0 Å². The van der Waals surface area contributed by atoms with Gasteiger partial charge in [0, 0.05) is 0 Å². The van der Waals surface area contributed by atoms with Gasteiger partial charge in [0.15, 0.2) is 11.5 Å². The minimum Gasteiger partial charge on any atom is -0.507 e. The second-order valence-corrected chi connectivity index (χ2v) is 24.6. The molecule has 0 bridgehead atoms. The summed E-state index contributed by atoms with van der Waals surface area (Å²) in [6, 6.07) is 14.6. The summed E-state index contributed by atoms with van der Waals surface area (Å²) < 4.78 is 142. The molecular formula is C42H48F6O8S5. The molecule has 0 amide bonds. The fourth-order valence-corrected chi connectivity index (χ4v) is 9.65. The molecule has 0 spiro atoms. The summed E-state index contributed by atoms with van der Waals surface area (Å²) in [6.07, 6.45) is 0. The predicted molar refractivity (Wildman–Crippen MR) is 227 cm³/mol. The molecule has 0 atom stereocenters. The molecule has 0 heterocycles. The highest BCUT2D eigenvalue weighted by atomic mass is 32.2. The largest absolute Gasteiger partial charge is 0.534 e. The number of aromatic hydroxyl groups is 2. The lowest BCUT2D eigenvalue weighted by atomic mass is 9.87. The maximum Gasteiger partial charge on any atom is 0.534 e. The number of alkyl halides is 6. The van der Waals surface area contributed by atoms with Crippen molar-refractivity contribution >= 4 is 55.5 Å². The van der Waals surface area contributed by atoms with Crippen LogP contribution < -0.4 is 8.37 Å². The first kappa shape index (κ1) is 50.3. The van der Waals surface area contributed by atoms with Crippen molar-refractivity contribution in [2.75, 3.05) is 0 Å². The highest BCUT2D eigenvalue weighted by Gasteiger charge is 2.50. The summed E-state index contributed by atoms with van der Waals surface area (Å²) in [5.41, 5.74) is -11.7. The number of phenols is 2. The van der Waals surface area contributed by atoms with Crippen molar-refractivity contribution in [1.82, 2.24) is 0 Å². The Morgan fingerprint density at radius 2 is 0.770 bits per heavy atom. The average molecular weight is 955 g/mol. The van der Waals surface area contributed by atoms with E-state index in [1.54, 1.807) is 12.1 Å². The normalized spacial score (nSPS) is 13.7. The van der Waals surface area contributed by atoms with Gasteiger partial charge < -0.3 is 18.6 Å². The molecule has 0 aliphatic heterocycles. The highest BCUT2D eigenvalue weighted by Crippen LogP contribution is 2.53. The van der Waals surface area contributed by atoms with E-state index in [1.807, 2.05) is 83.1 Å². The van der Waals surface area contributed by atoms with E-state index in [0.717, 1.165) is 23.4 Å². The van der Waals surface area contributed by atoms with Crippen LogP contribution in [0.15, 0.2) is 90.0 Å². The summed E-state index contributed by atoms with van der Waals surface area (Å²) in [7, 11) is -12.4. The van der Waals surface area contributed by atoms with Gasteiger partial charge in [-0.1, -0.05) is 131 Å². The van der Waals surface area contributed by atoms with Crippen molar-refractivity contribution in [1.29, 1.82) is 0 Å². The predicted octanol–water partition coefficient (Wildman–Crippen LogP) is 13.2. The van der Waals surface area contributed by atoms with Crippen LogP contribution >= 0.6 is 35.3 Å². The van der Waals surface area contributed by atoms with Gasteiger partial charge in [0.25, 0.3) is 0 Å².